The van der Waals surface area contributed by atoms with Crippen LogP contribution >= 0.6 is 24.0 Å². The molecule has 2 N–H and O–H groups in total. The summed E-state index contributed by atoms with van der Waals surface area (Å²) in [5, 5.41) is 10.7. The molecule has 114 valence electrons. The van der Waals surface area contributed by atoms with Crippen LogP contribution < -0.4 is 10.6 Å². The highest BCUT2D eigenvalue weighted by atomic mass is 127. The minimum absolute atomic E-state index is 0. The Morgan fingerprint density at radius 2 is 2.35 bits per heavy atom. The number of aliphatic imine (C=N–C) groups is 1. The summed E-state index contributed by atoms with van der Waals surface area (Å²) in [6.07, 6.45) is 6.70. The van der Waals surface area contributed by atoms with Gasteiger partial charge in [-0.05, 0) is 25.7 Å². The van der Waals surface area contributed by atoms with E-state index in [1.54, 1.807) is 6.26 Å². The molecule has 0 radical (unpaired) electrons. The van der Waals surface area contributed by atoms with Crippen LogP contribution in [0, 0.1) is 5.92 Å². The molecule has 1 aromatic heterocycles. The number of rotatable bonds is 4. The standard InChI is InChI=1S/C14H24N4O.HI/c1-3-15-14(16-10-13-7-8-19-18-13)17-12-6-4-5-11(2)9-12;/h7-8,11-12H,3-6,9-10H2,1-2H3,(H2,15,16,17);1H. The van der Waals surface area contributed by atoms with Crippen molar-refractivity contribution in [2.24, 2.45) is 10.9 Å². The van der Waals surface area contributed by atoms with Crippen LogP contribution in [0.1, 0.15) is 45.2 Å². The van der Waals surface area contributed by atoms with E-state index in [0.717, 1.165) is 24.1 Å². The van der Waals surface area contributed by atoms with Gasteiger partial charge < -0.3 is 15.2 Å². The molecule has 2 unspecified atom stereocenters. The van der Waals surface area contributed by atoms with Crippen LogP contribution in [0.4, 0.5) is 0 Å². The number of hydrogen-bond acceptors (Lipinski definition) is 3. The molecule has 1 aliphatic rings. The number of halogens is 1. The van der Waals surface area contributed by atoms with Crippen molar-refractivity contribution in [1.29, 1.82) is 0 Å². The highest BCUT2D eigenvalue weighted by molar-refractivity contribution is 14.0. The van der Waals surface area contributed by atoms with Gasteiger partial charge in [-0.1, -0.05) is 24.9 Å². The number of nitrogens with zero attached hydrogens (tertiary/aromatic N) is 2. The first-order chi connectivity index (χ1) is 9.28. The molecule has 1 saturated carbocycles. The van der Waals surface area contributed by atoms with E-state index in [0.29, 0.717) is 12.6 Å². The quantitative estimate of drug-likeness (QED) is 0.470. The third-order valence-corrected chi connectivity index (χ3v) is 3.51. The maximum atomic E-state index is 4.81. The zero-order valence-corrected chi connectivity index (χ0v) is 14.6. The predicted octanol–water partition coefficient (Wildman–Crippen LogP) is 2.93. The Labute approximate surface area is 138 Å². The van der Waals surface area contributed by atoms with Crippen molar-refractivity contribution in [3.8, 4) is 0 Å². The monoisotopic (exact) mass is 392 g/mol. The normalized spacial score (nSPS) is 23.0. The molecule has 0 saturated heterocycles. The van der Waals surface area contributed by atoms with Gasteiger partial charge in [0.05, 0.1) is 6.54 Å². The fraction of sp³-hybridized carbons (Fsp3) is 0.714. The summed E-state index contributed by atoms with van der Waals surface area (Å²) < 4.78 is 4.81. The number of nitrogens with one attached hydrogen (secondary N) is 2. The Hall–Kier alpha value is -0.790. The zero-order chi connectivity index (χ0) is 13.5. The van der Waals surface area contributed by atoms with Crippen LogP contribution in [-0.4, -0.2) is 23.7 Å². The van der Waals surface area contributed by atoms with E-state index in [-0.39, 0.29) is 24.0 Å². The second-order valence-electron chi connectivity index (χ2n) is 5.30. The van der Waals surface area contributed by atoms with Crippen molar-refractivity contribution in [3.63, 3.8) is 0 Å². The van der Waals surface area contributed by atoms with E-state index in [4.69, 9.17) is 4.52 Å². The molecule has 2 atom stereocenters. The topological polar surface area (TPSA) is 62.5 Å². The Bertz CT molecular complexity index is 394. The van der Waals surface area contributed by atoms with Crippen molar-refractivity contribution in [3.05, 3.63) is 18.0 Å². The molecular formula is C14H25IN4O. The second-order valence-corrected chi connectivity index (χ2v) is 5.30. The molecule has 0 amide bonds. The number of guanidine groups is 1. The first-order valence-electron chi connectivity index (χ1n) is 7.22. The van der Waals surface area contributed by atoms with E-state index in [1.165, 1.54) is 25.7 Å². The summed E-state index contributed by atoms with van der Waals surface area (Å²) in [5.41, 5.74) is 0.856. The van der Waals surface area contributed by atoms with Crippen LogP contribution in [-0.2, 0) is 6.54 Å². The molecule has 0 aromatic carbocycles. The lowest BCUT2D eigenvalue weighted by Crippen LogP contribution is -2.45. The molecule has 0 aliphatic heterocycles. The van der Waals surface area contributed by atoms with Crippen molar-refractivity contribution in [1.82, 2.24) is 15.8 Å². The summed E-state index contributed by atoms with van der Waals surface area (Å²) >= 11 is 0. The van der Waals surface area contributed by atoms with Gasteiger partial charge in [-0.25, -0.2) is 4.99 Å². The molecule has 6 heteroatoms. The molecule has 1 fully saturated rings. The molecule has 1 aromatic rings. The average molecular weight is 392 g/mol. The minimum atomic E-state index is 0. The van der Waals surface area contributed by atoms with Crippen molar-refractivity contribution >= 4 is 29.9 Å². The smallest absolute Gasteiger partial charge is 0.191 e. The summed E-state index contributed by atoms with van der Waals surface area (Å²) in [5.74, 6) is 1.69. The van der Waals surface area contributed by atoms with Gasteiger partial charge in [-0.3, -0.25) is 0 Å². The van der Waals surface area contributed by atoms with Crippen LogP contribution in [0.25, 0.3) is 0 Å². The zero-order valence-electron chi connectivity index (χ0n) is 12.3. The van der Waals surface area contributed by atoms with E-state index in [2.05, 4.69) is 34.6 Å². The van der Waals surface area contributed by atoms with Crippen LogP contribution in [0.15, 0.2) is 21.8 Å². The highest BCUT2D eigenvalue weighted by Crippen LogP contribution is 2.23. The average Bonchev–Trinajstić information content (AvgIpc) is 2.89. The third kappa shape index (κ3) is 5.68. The Kier molecular flexibility index (Phi) is 7.94. The largest absolute Gasteiger partial charge is 0.364 e. The van der Waals surface area contributed by atoms with Gasteiger partial charge in [-0.15, -0.1) is 24.0 Å². The molecule has 5 nitrogen and oxygen atoms in total. The fourth-order valence-electron chi connectivity index (χ4n) is 2.56. The van der Waals surface area contributed by atoms with Gasteiger partial charge >= 0.3 is 0 Å². The Morgan fingerprint density at radius 1 is 1.50 bits per heavy atom. The Morgan fingerprint density at radius 3 is 3.00 bits per heavy atom. The lowest BCUT2D eigenvalue weighted by molar-refractivity contribution is 0.324. The van der Waals surface area contributed by atoms with Gasteiger partial charge in [0.1, 0.15) is 12.0 Å². The Balaban J connectivity index is 0.00000200. The minimum Gasteiger partial charge on any atom is -0.364 e. The van der Waals surface area contributed by atoms with Crippen molar-refractivity contribution in [2.75, 3.05) is 6.54 Å². The highest BCUT2D eigenvalue weighted by Gasteiger charge is 2.19. The molecule has 1 aliphatic carbocycles. The number of hydrogen-bond donors (Lipinski definition) is 2. The molecule has 0 bridgehead atoms. The van der Waals surface area contributed by atoms with E-state index < -0.39 is 0 Å². The molecule has 20 heavy (non-hydrogen) atoms. The summed E-state index contributed by atoms with van der Waals surface area (Å²) in [6, 6.07) is 2.38. The van der Waals surface area contributed by atoms with Gasteiger partial charge in [0.2, 0.25) is 0 Å². The predicted molar refractivity (Wildman–Crippen MR) is 91.3 cm³/mol. The maximum Gasteiger partial charge on any atom is 0.191 e. The lowest BCUT2D eigenvalue weighted by atomic mass is 9.87. The summed E-state index contributed by atoms with van der Waals surface area (Å²) in [7, 11) is 0. The summed E-state index contributed by atoms with van der Waals surface area (Å²) in [6.45, 7) is 5.82. The van der Waals surface area contributed by atoms with E-state index in [9.17, 15) is 0 Å². The van der Waals surface area contributed by atoms with Gasteiger partial charge in [0.25, 0.3) is 0 Å². The number of aromatic nitrogens is 1. The van der Waals surface area contributed by atoms with Crippen molar-refractivity contribution in [2.45, 2.75) is 52.1 Å². The molecular weight excluding hydrogens is 367 g/mol. The van der Waals surface area contributed by atoms with Gasteiger partial charge in [0, 0.05) is 18.7 Å². The summed E-state index contributed by atoms with van der Waals surface area (Å²) in [4.78, 5) is 4.55. The third-order valence-electron chi connectivity index (χ3n) is 3.51. The second kappa shape index (κ2) is 9.20. The lowest BCUT2D eigenvalue weighted by Gasteiger charge is -2.28. The SMILES string of the molecule is CCNC(=NCc1ccon1)NC1CCCC(C)C1.I. The molecule has 1 heterocycles. The molecule has 2 rings (SSSR count). The first-order valence-corrected chi connectivity index (χ1v) is 7.22. The van der Waals surface area contributed by atoms with E-state index in [1.807, 2.05) is 6.07 Å². The van der Waals surface area contributed by atoms with E-state index >= 15 is 0 Å². The fourth-order valence-corrected chi connectivity index (χ4v) is 2.56. The van der Waals surface area contributed by atoms with Crippen molar-refractivity contribution < 1.29 is 4.52 Å². The van der Waals surface area contributed by atoms with Crippen LogP contribution in [0.2, 0.25) is 0 Å². The van der Waals surface area contributed by atoms with Crippen LogP contribution in [0.5, 0.6) is 0 Å². The van der Waals surface area contributed by atoms with Gasteiger partial charge in [0.15, 0.2) is 5.96 Å². The maximum absolute atomic E-state index is 4.81. The van der Waals surface area contributed by atoms with Crippen LogP contribution in [0.3, 0.4) is 0 Å². The van der Waals surface area contributed by atoms with Gasteiger partial charge in [-0.2, -0.15) is 0 Å². The first kappa shape index (κ1) is 17.3. The molecule has 0 spiro atoms.